The molecule has 1 N–H and O–H groups in total. The molecule has 0 bridgehead atoms. The van der Waals surface area contributed by atoms with E-state index in [1.165, 1.54) is 17.0 Å². The minimum Gasteiger partial charge on any atom is -0.381 e. The molecule has 124 valence electrons. The van der Waals surface area contributed by atoms with Gasteiger partial charge in [-0.1, -0.05) is 17.7 Å². The van der Waals surface area contributed by atoms with Crippen LogP contribution in [-0.2, 0) is 20.2 Å². The molecule has 0 aliphatic carbocycles. The van der Waals surface area contributed by atoms with E-state index >= 15 is 0 Å². The summed E-state index contributed by atoms with van der Waals surface area (Å²) in [6, 6.07) is 10.3. The number of sulfonamides is 1. The maximum Gasteiger partial charge on any atom is 0.240 e. The van der Waals surface area contributed by atoms with Gasteiger partial charge in [0.2, 0.25) is 10.0 Å². The van der Waals surface area contributed by atoms with Crippen molar-refractivity contribution in [3.63, 3.8) is 0 Å². The maximum atomic E-state index is 12.5. The van der Waals surface area contributed by atoms with Crippen LogP contribution in [0.15, 0.2) is 46.7 Å². The van der Waals surface area contributed by atoms with E-state index in [1.54, 1.807) is 23.5 Å². The highest BCUT2D eigenvalue weighted by Crippen LogP contribution is 2.37. The van der Waals surface area contributed by atoms with Crippen LogP contribution in [0.1, 0.15) is 17.7 Å². The van der Waals surface area contributed by atoms with E-state index in [1.807, 2.05) is 11.4 Å². The van der Waals surface area contributed by atoms with Crippen molar-refractivity contribution in [2.24, 2.45) is 0 Å². The van der Waals surface area contributed by atoms with Crippen LogP contribution in [0.2, 0.25) is 5.02 Å². The molecule has 2 heterocycles. The van der Waals surface area contributed by atoms with E-state index in [0.29, 0.717) is 24.8 Å². The Kier molecular flexibility index (Phi) is 5.08. The Morgan fingerprint density at radius 1 is 1.17 bits per heavy atom. The third-order valence-electron chi connectivity index (χ3n) is 4.22. The third kappa shape index (κ3) is 3.78. The molecule has 0 unspecified atom stereocenters. The fourth-order valence-electron chi connectivity index (χ4n) is 2.78. The average Bonchev–Trinajstić information content (AvgIpc) is 3.10. The predicted octanol–water partition coefficient (Wildman–Crippen LogP) is 3.43. The highest BCUT2D eigenvalue weighted by Gasteiger charge is 2.36. The molecule has 4 nitrogen and oxygen atoms in total. The molecule has 0 saturated carbocycles. The molecule has 1 aliphatic heterocycles. The molecule has 0 atom stereocenters. The van der Waals surface area contributed by atoms with E-state index in [2.05, 4.69) is 10.8 Å². The molecular formula is C16H18ClNO3S2. The lowest BCUT2D eigenvalue weighted by molar-refractivity contribution is 0.0529. The van der Waals surface area contributed by atoms with Gasteiger partial charge in [0, 0.05) is 35.1 Å². The van der Waals surface area contributed by atoms with E-state index in [4.69, 9.17) is 16.3 Å². The minimum atomic E-state index is -3.55. The Balaban J connectivity index is 1.80. The summed E-state index contributed by atoms with van der Waals surface area (Å²) in [6.45, 7) is 1.68. The number of rotatable bonds is 5. The van der Waals surface area contributed by atoms with Gasteiger partial charge in [0.15, 0.2) is 0 Å². The van der Waals surface area contributed by atoms with Crippen molar-refractivity contribution < 1.29 is 13.2 Å². The number of thiophene rings is 1. The third-order valence-corrected chi connectivity index (χ3v) is 7.00. The Labute approximate surface area is 145 Å². The Morgan fingerprint density at radius 2 is 1.87 bits per heavy atom. The topological polar surface area (TPSA) is 55.4 Å². The second-order valence-electron chi connectivity index (χ2n) is 5.65. The molecule has 3 rings (SSSR count). The lowest BCUT2D eigenvalue weighted by atomic mass is 9.79. The molecule has 0 amide bonds. The standard InChI is InChI=1S/C16H18ClNO3S2/c17-13-3-5-14(6-4-13)23(19,20)18-12-16(7-9-21-10-8-16)15-2-1-11-22-15/h1-6,11,18H,7-10,12H2. The van der Waals surface area contributed by atoms with Gasteiger partial charge in [-0.15, -0.1) is 11.3 Å². The van der Waals surface area contributed by atoms with Crippen LogP contribution in [0.3, 0.4) is 0 Å². The summed E-state index contributed by atoms with van der Waals surface area (Å²) < 4.78 is 33.3. The van der Waals surface area contributed by atoms with Gasteiger partial charge in [0.1, 0.15) is 0 Å². The summed E-state index contributed by atoms with van der Waals surface area (Å²) in [6.07, 6.45) is 1.63. The van der Waals surface area contributed by atoms with Gasteiger partial charge >= 0.3 is 0 Å². The van der Waals surface area contributed by atoms with Crippen molar-refractivity contribution in [2.75, 3.05) is 19.8 Å². The lowest BCUT2D eigenvalue weighted by Crippen LogP contribution is -2.44. The average molecular weight is 372 g/mol. The minimum absolute atomic E-state index is 0.189. The van der Waals surface area contributed by atoms with Crippen molar-refractivity contribution in [1.82, 2.24) is 4.72 Å². The van der Waals surface area contributed by atoms with Crippen LogP contribution < -0.4 is 4.72 Å². The van der Waals surface area contributed by atoms with E-state index in [0.717, 1.165) is 12.8 Å². The fraction of sp³-hybridized carbons (Fsp3) is 0.375. The second kappa shape index (κ2) is 6.91. The van der Waals surface area contributed by atoms with Crippen molar-refractivity contribution in [3.05, 3.63) is 51.7 Å². The lowest BCUT2D eigenvalue weighted by Gasteiger charge is -2.36. The molecule has 1 aliphatic rings. The first kappa shape index (κ1) is 16.9. The van der Waals surface area contributed by atoms with Gasteiger partial charge in [0.05, 0.1) is 4.90 Å². The van der Waals surface area contributed by atoms with Crippen LogP contribution in [0, 0.1) is 0 Å². The molecule has 7 heteroatoms. The Morgan fingerprint density at radius 3 is 2.48 bits per heavy atom. The zero-order chi connectivity index (χ0) is 16.3. The van der Waals surface area contributed by atoms with Crippen LogP contribution >= 0.6 is 22.9 Å². The van der Waals surface area contributed by atoms with Crippen molar-refractivity contribution in [1.29, 1.82) is 0 Å². The predicted molar refractivity (Wildman–Crippen MR) is 92.7 cm³/mol. The Hall–Kier alpha value is -0.920. The largest absolute Gasteiger partial charge is 0.381 e. The summed E-state index contributed by atoms with van der Waals surface area (Å²) in [5, 5.41) is 2.55. The van der Waals surface area contributed by atoms with Crippen molar-refractivity contribution >= 4 is 33.0 Å². The zero-order valence-corrected chi connectivity index (χ0v) is 14.9. The smallest absolute Gasteiger partial charge is 0.240 e. The number of hydrogen-bond donors (Lipinski definition) is 1. The molecule has 1 aromatic heterocycles. The van der Waals surface area contributed by atoms with Gasteiger partial charge in [-0.3, -0.25) is 0 Å². The first-order valence-electron chi connectivity index (χ1n) is 7.39. The van der Waals surface area contributed by atoms with Gasteiger partial charge in [-0.2, -0.15) is 0 Å². The molecule has 1 saturated heterocycles. The van der Waals surface area contributed by atoms with Crippen LogP contribution in [0.5, 0.6) is 0 Å². The second-order valence-corrected chi connectivity index (χ2v) is 8.80. The number of halogens is 1. The van der Waals surface area contributed by atoms with E-state index < -0.39 is 10.0 Å². The van der Waals surface area contributed by atoms with Crippen LogP contribution in [0.4, 0.5) is 0 Å². The van der Waals surface area contributed by atoms with E-state index in [9.17, 15) is 8.42 Å². The number of nitrogens with one attached hydrogen (secondary N) is 1. The number of ether oxygens (including phenoxy) is 1. The molecular weight excluding hydrogens is 354 g/mol. The monoisotopic (exact) mass is 371 g/mol. The fourth-order valence-corrected chi connectivity index (χ4v) is 5.02. The van der Waals surface area contributed by atoms with Gasteiger partial charge < -0.3 is 4.74 Å². The normalized spacial score (nSPS) is 18.0. The summed E-state index contributed by atoms with van der Waals surface area (Å²) in [5.41, 5.74) is -0.189. The highest BCUT2D eigenvalue weighted by atomic mass is 35.5. The van der Waals surface area contributed by atoms with Gasteiger partial charge in [-0.05, 0) is 48.6 Å². The summed E-state index contributed by atoms with van der Waals surface area (Å²) in [4.78, 5) is 1.44. The van der Waals surface area contributed by atoms with Gasteiger partial charge in [-0.25, -0.2) is 13.1 Å². The number of hydrogen-bond acceptors (Lipinski definition) is 4. The van der Waals surface area contributed by atoms with Crippen molar-refractivity contribution in [2.45, 2.75) is 23.2 Å². The highest BCUT2D eigenvalue weighted by molar-refractivity contribution is 7.89. The van der Waals surface area contributed by atoms with E-state index in [-0.39, 0.29) is 10.3 Å². The summed E-state index contributed by atoms with van der Waals surface area (Å²) in [5.74, 6) is 0. The maximum absolute atomic E-state index is 12.5. The Bertz CT molecular complexity index is 736. The first-order chi connectivity index (χ1) is 11.0. The van der Waals surface area contributed by atoms with Crippen molar-refractivity contribution in [3.8, 4) is 0 Å². The van der Waals surface area contributed by atoms with Crippen LogP contribution in [0.25, 0.3) is 0 Å². The number of benzene rings is 1. The van der Waals surface area contributed by atoms with Crippen LogP contribution in [-0.4, -0.2) is 28.2 Å². The molecule has 23 heavy (non-hydrogen) atoms. The quantitative estimate of drug-likeness (QED) is 0.876. The molecule has 1 aromatic carbocycles. The molecule has 1 fully saturated rings. The molecule has 0 spiro atoms. The summed E-state index contributed by atoms with van der Waals surface area (Å²) in [7, 11) is -3.55. The first-order valence-corrected chi connectivity index (χ1v) is 10.1. The molecule has 0 radical (unpaired) electrons. The summed E-state index contributed by atoms with van der Waals surface area (Å²) >= 11 is 7.49. The zero-order valence-electron chi connectivity index (χ0n) is 12.5. The van der Waals surface area contributed by atoms with Gasteiger partial charge in [0.25, 0.3) is 0 Å². The SMILES string of the molecule is O=S(=O)(NCC1(c2cccs2)CCOCC1)c1ccc(Cl)cc1. The molecule has 2 aromatic rings.